The van der Waals surface area contributed by atoms with Crippen LogP contribution in [0.15, 0.2) is 24.3 Å². The Morgan fingerprint density at radius 3 is 2.95 bits per heavy atom. The van der Waals surface area contributed by atoms with Crippen LogP contribution in [0.5, 0.6) is 5.75 Å². The van der Waals surface area contributed by atoms with Crippen molar-refractivity contribution in [2.75, 3.05) is 19.8 Å². The van der Waals surface area contributed by atoms with Gasteiger partial charge in [-0.25, -0.2) is 4.79 Å². The van der Waals surface area contributed by atoms with Crippen molar-refractivity contribution in [3.63, 3.8) is 0 Å². The lowest BCUT2D eigenvalue weighted by molar-refractivity contribution is 0.230. The molecule has 1 rings (SSSR count). The van der Waals surface area contributed by atoms with Crippen molar-refractivity contribution < 1.29 is 14.6 Å². The summed E-state index contributed by atoms with van der Waals surface area (Å²) in [6.07, 6.45) is 1.46. The number of hydrogen-bond donors (Lipinski definition) is 3. The van der Waals surface area contributed by atoms with Gasteiger partial charge in [0.2, 0.25) is 0 Å². The van der Waals surface area contributed by atoms with Crippen molar-refractivity contribution in [3.8, 4) is 5.75 Å². The van der Waals surface area contributed by atoms with E-state index in [1.54, 1.807) is 0 Å². The molecule has 1 aromatic rings. The smallest absolute Gasteiger partial charge is 0.315 e. The molecule has 0 saturated carbocycles. The zero-order valence-corrected chi connectivity index (χ0v) is 12.2. The van der Waals surface area contributed by atoms with Crippen LogP contribution in [-0.2, 0) is 0 Å². The van der Waals surface area contributed by atoms with Gasteiger partial charge in [-0.1, -0.05) is 12.1 Å². The molecular weight excluding hydrogens is 256 g/mol. The summed E-state index contributed by atoms with van der Waals surface area (Å²) >= 11 is 0. The zero-order valence-electron chi connectivity index (χ0n) is 12.2. The van der Waals surface area contributed by atoms with E-state index in [0.29, 0.717) is 19.6 Å². The maximum Gasteiger partial charge on any atom is 0.315 e. The minimum atomic E-state index is -0.205. The molecule has 112 valence electrons. The number of aryl methyl sites for hydroxylation is 1. The molecule has 2 amide bonds. The Balaban J connectivity index is 2.13. The number of urea groups is 1. The lowest BCUT2D eigenvalue weighted by Gasteiger charge is -2.14. The number of nitrogens with one attached hydrogen (secondary N) is 2. The highest BCUT2D eigenvalue weighted by Gasteiger charge is 2.05. The standard InChI is InChI=1S/C15H24N2O3/c1-12-5-3-7-14(11-12)20-10-8-16-15(19)17-13(2)6-4-9-18/h3,5,7,11,13,18H,4,6,8-10H2,1-2H3,(H2,16,17,19). The summed E-state index contributed by atoms with van der Waals surface area (Å²) in [4.78, 5) is 11.5. The molecule has 5 heteroatoms. The van der Waals surface area contributed by atoms with Crippen LogP contribution < -0.4 is 15.4 Å². The van der Waals surface area contributed by atoms with Crippen LogP contribution >= 0.6 is 0 Å². The minimum absolute atomic E-state index is 0.0554. The molecule has 20 heavy (non-hydrogen) atoms. The molecule has 0 aliphatic heterocycles. The van der Waals surface area contributed by atoms with E-state index >= 15 is 0 Å². The van der Waals surface area contributed by atoms with Crippen LogP contribution in [0.1, 0.15) is 25.3 Å². The van der Waals surface area contributed by atoms with E-state index in [1.807, 2.05) is 38.1 Å². The Hall–Kier alpha value is -1.75. The summed E-state index contributed by atoms with van der Waals surface area (Å²) in [5.41, 5.74) is 1.14. The summed E-state index contributed by atoms with van der Waals surface area (Å²) in [5.74, 6) is 0.809. The number of aliphatic hydroxyl groups excluding tert-OH is 1. The molecule has 0 aromatic heterocycles. The number of benzene rings is 1. The lowest BCUT2D eigenvalue weighted by Crippen LogP contribution is -2.42. The second kappa shape index (κ2) is 9.20. The van der Waals surface area contributed by atoms with E-state index in [-0.39, 0.29) is 18.7 Å². The van der Waals surface area contributed by atoms with Gasteiger partial charge in [0.25, 0.3) is 0 Å². The fraction of sp³-hybridized carbons (Fsp3) is 0.533. The molecule has 0 aliphatic carbocycles. The van der Waals surface area contributed by atoms with E-state index in [1.165, 1.54) is 0 Å². The van der Waals surface area contributed by atoms with E-state index in [0.717, 1.165) is 17.7 Å². The van der Waals surface area contributed by atoms with Crippen LogP contribution in [0.2, 0.25) is 0 Å². The van der Waals surface area contributed by atoms with Crippen LogP contribution in [0.4, 0.5) is 4.79 Å². The average molecular weight is 280 g/mol. The van der Waals surface area contributed by atoms with Gasteiger partial charge < -0.3 is 20.5 Å². The Kier molecular flexibility index (Phi) is 7.50. The molecule has 0 heterocycles. The third-order valence-corrected chi connectivity index (χ3v) is 2.82. The number of carbonyl (C=O) groups excluding carboxylic acids is 1. The van der Waals surface area contributed by atoms with Crippen molar-refractivity contribution in [1.29, 1.82) is 0 Å². The van der Waals surface area contributed by atoms with Crippen LogP contribution in [0, 0.1) is 6.92 Å². The van der Waals surface area contributed by atoms with Crippen LogP contribution in [0.25, 0.3) is 0 Å². The number of hydrogen-bond acceptors (Lipinski definition) is 3. The summed E-state index contributed by atoms with van der Waals surface area (Å²) in [6.45, 7) is 4.96. The third kappa shape index (κ3) is 6.99. The topological polar surface area (TPSA) is 70.6 Å². The highest BCUT2D eigenvalue weighted by molar-refractivity contribution is 5.74. The number of amides is 2. The Labute approximate surface area is 120 Å². The Morgan fingerprint density at radius 2 is 2.25 bits per heavy atom. The maximum absolute atomic E-state index is 11.5. The van der Waals surface area contributed by atoms with Gasteiger partial charge in [-0.3, -0.25) is 0 Å². The summed E-state index contributed by atoms with van der Waals surface area (Å²) in [6, 6.07) is 7.64. The van der Waals surface area contributed by atoms with Gasteiger partial charge in [-0.2, -0.15) is 0 Å². The molecule has 3 N–H and O–H groups in total. The van der Waals surface area contributed by atoms with E-state index in [2.05, 4.69) is 10.6 Å². The fourth-order valence-corrected chi connectivity index (χ4v) is 1.78. The van der Waals surface area contributed by atoms with Crippen molar-refractivity contribution in [1.82, 2.24) is 10.6 Å². The quantitative estimate of drug-likeness (QED) is 0.636. The average Bonchev–Trinajstić information content (AvgIpc) is 2.41. The molecule has 5 nitrogen and oxygen atoms in total. The molecule has 0 saturated heterocycles. The normalized spacial score (nSPS) is 11.8. The van der Waals surface area contributed by atoms with E-state index in [9.17, 15) is 4.79 Å². The number of carbonyl (C=O) groups is 1. The maximum atomic E-state index is 11.5. The molecule has 1 aromatic carbocycles. The summed E-state index contributed by atoms with van der Waals surface area (Å²) in [7, 11) is 0. The second-order valence-corrected chi connectivity index (χ2v) is 4.83. The third-order valence-electron chi connectivity index (χ3n) is 2.82. The largest absolute Gasteiger partial charge is 0.492 e. The Bertz CT molecular complexity index is 410. The zero-order chi connectivity index (χ0) is 14.8. The number of rotatable bonds is 8. The molecule has 0 radical (unpaired) electrons. The fourth-order valence-electron chi connectivity index (χ4n) is 1.78. The van der Waals surface area contributed by atoms with E-state index < -0.39 is 0 Å². The van der Waals surface area contributed by atoms with Gasteiger partial charge >= 0.3 is 6.03 Å². The summed E-state index contributed by atoms with van der Waals surface area (Å²) < 4.78 is 5.53. The first-order valence-corrected chi connectivity index (χ1v) is 6.96. The van der Waals surface area contributed by atoms with Gasteiger partial charge in [0, 0.05) is 12.6 Å². The van der Waals surface area contributed by atoms with E-state index in [4.69, 9.17) is 9.84 Å². The predicted octanol–water partition coefficient (Wildman–Crippen LogP) is 1.83. The van der Waals surface area contributed by atoms with Crippen molar-refractivity contribution in [2.45, 2.75) is 32.7 Å². The van der Waals surface area contributed by atoms with Gasteiger partial charge in [-0.05, 0) is 44.4 Å². The van der Waals surface area contributed by atoms with Crippen LogP contribution in [0.3, 0.4) is 0 Å². The highest BCUT2D eigenvalue weighted by Crippen LogP contribution is 2.11. The number of aliphatic hydroxyl groups is 1. The molecule has 1 unspecified atom stereocenters. The molecule has 0 aliphatic rings. The second-order valence-electron chi connectivity index (χ2n) is 4.83. The van der Waals surface area contributed by atoms with Crippen LogP contribution in [-0.4, -0.2) is 36.9 Å². The molecule has 0 spiro atoms. The monoisotopic (exact) mass is 280 g/mol. The van der Waals surface area contributed by atoms with Crippen molar-refractivity contribution in [3.05, 3.63) is 29.8 Å². The van der Waals surface area contributed by atoms with Gasteiger partial charge in [0.05, 0.1) is 6.54 Å². The molecule has 0 bridgehead atoms. The molecule has 1 atom stereocenters. The highest BCUT2D eigenvalue weighted by atomic mass is 16.5. The predicted molar refractivity (Wildman–Crippen MR) is 79.0 cm³/mol. The first-order chi connectivity index (χ1) is 9.61. The molecular formula is C15H24N2O3. The minimum Gasteiger partial charge on any atom is -0.492 e. The van der Waals surface area contributed by atoms with Gasteiger partial charge in [0.1, 0.15) is 12.4 Å². The van der Waals surface area contributed by atoms with Crippen molar-refractivity contribution in [2.24, 2.45) is 0 Å². The first-order valence-electron chi connectivity index (χ1n) is 6.96. The SMILES string of the molecule is Cc1cccc(OCCNC(=O)NC(C)CCCO)c1. The first kappa shape index (κ1) is 16.3. The van der Waals surface area contributed by atoms with Gasteiger partial charge in [-0.15, -0.1) is 0 Å². The molecule has 0 fully saturated rings. The lowest BCUT2D eigenvalue weighted by atomic mass is 10.2. The summed E-state index contributed by atoms with van der Waals surface area (Å²) in [5, 5.41) is 14.2. The van der Waals surface area contributed by atoms with Gasteiger partial charge in [0.15, 0.2) is 0 Å². The van der Waals surface area contributed by atoms with Crippen molar-refractivity contribution >= 4 is 6.03 Å². The Morgan fingerprint density at radius 1 is 1.45 bits per heavy atom. The number of ether oxygens (including phenoxy) is 1.